The second-order valence-corrected chi connectivity index (χ2v) is 16.0. The Labute approximate surface area is 193 Å². The third-order valence-corrected chi connectivity index (χ3v) is 13.2. The van der Waals surface area contributed by atoms with Gasteiger partial charge in [-0.2, -0.15) is 0 Å². The summed E-state index contributed by atoms with van der Waals surface area (Å²) in [5.74, 6) is 3.40. The van der Waals surface area contributed by atoms with Gasteiger partial charge in [-0.05, 0) is 60.9 Å². The predicted octanol–water partition coefficient (Wildman–Crippen LogP) is 7.84. The number of hydrogen-bond donors (Lipinski definition) is 0. The van der Waals surface area contributed by atoms with Crippen molar-refractivity contribution in [2.24, 2.45) is 0 Å². The van der Waals surface area contributed by atoms with Gasteiger partial charge in [0.1, 0.15) is 0 Å². The van der Waals surface area contributed by atoms with Gasteiger partial charge in [-0.15, -0.1) is 35.3 Å². The van der Waals surface area contributed by atoms with Crippen LogP contribution in [0.25, 0.3) is 0 Å². The second-order valence-electron chi connectivity index (χ2n) is 6.71. The van der Waals surface area contributed by atoms with Gasteiger partial charge in [-0.25, -0.2) is 0 Å². The SMILES string of the molecule is S=P(CCSc1ccccc1)(CCSc1ccccc1)CCSc1ccccc1. The molecule has 0 aliphatic heterocycles. The van der Waals surface area contributed by atoms with Crippen LogP contribution in [-0.4, -0.2) is 35.7 Å². The van der Waals surface area contributed by atoms with Crippen molar-refractivity contribution in [2.45, 2.75) is 14.7 Å². The molecule has 0 aliphatic rings. The van der Waals surface area contributed by atoms with Gasteiger partial charge in [0.2, 0.25) is 0 Å². The lowest BCUT2D eigenvalue weighted by atomic mass is 10.4. The van der Waals surface area contributed by atoms with Gasteiger partial charge in [0.25, 0.3) is 0 Å². The Morgan fingerprint density at radius 3 is 1.03 bits per heavy atom. The van der Waals surface area contributed by atoms with E-state index in [9.17, 15) is 0 Å². The molecule has 0 spiro atoms. The minimum absolute atomic E-state index is 1.13. The maximum absolute atomic E-state index is 6.32. The van der Waals surface area contributed by atoms with Crippen molar-refractivity contribution >= 4 is 53.1 Å². The molecule has 29 heavy (non-hydrogen) atoms. The lowest BCUT2D eigenvalue weighted by Crippen LogP contribution is -2.06. The Bertz CT molecular complexity index is 751. The third-order valence-electron chi connectivity index (χ3n) is 4.53. The van der Waals surface area contributed by atoms with E-state index >= 15 is 0 Å². The van der Waals surface area contributed by atoms with Gasteiger partial charge < -0.3 is 0 Å². The normalized spacial score (nSPS) is 11.4. The van der Waals surface area contributed by atoms with Gasteiger partial charge in [-0.1, -0.05) is 66.4 Å². The van der Waals surface area contributed by atoms with Crippen LogP contribution in [0.15, 0.2) is 106 Å². The Morgan fingerprint density at radius 1 is 0.483 bits per heavy atom. The van der Waals surface area contributed by atoms with Crippen molar-refractivity contribution < 1.29 is 0 Å². The first-order valence-corrected chi connectivity index (χ1v) is 16.2. The van der Waals surface area contributed by atoms with Crippen molar-refractivity contribution in [3.63, 3.8) is 0 Å². The summed E-state index contributed by atoms with van der Waals surface area (Å²) >= 11 is 12.2. The van der Waals surface area contributed by atoms with E-state index in [1.807, 2.05) is 35.3 Å². The number of hydrogen-bond acceptors (Lipinski definition) is 4. The molecule has 0 atom stereocenters. The minimum atomic E-state index is -1.36. The molecule has 0 N–H and O–H groups in total. The molecular weight excluding hydrogens is 448 g/mol. The highest BCUT2D eigenvalue weighted by Crippen LogP contribution is 2.48. The molecule has 3 aromatic carbocycles. The number of thioether (sulfide) groups is 3. The average molecular weight is 475 g/mol. The first-order chi connectivity index (χ1) is 14.2. The second kappa shape index (κ2) is 12.9. The molecule has 152 valence electrons. The van der Waals surface area contributed by atoms with E-state index in [4.69, 9.17) is 11.8 Å². The van der Waals surface area contributed by atoms with Crippen LogP contribution in [0.4, 0.5) is 0 Å². The Balaban J connectivity index is 1.52. The quantitative estimate of drug-likeness (QED) is 0.194. The maximum Gasteiger partial charge on any atom is 0.00720 e. The number of benzene rings is 3. The summed E-state index contributed by atoms with van der Waals surface area (Å²) in [4.78, 5) is 4.06. The molecular formula is C24H27PS4. The average Bonchev–Trinajstić information content (AvgIpc) is 2.76. The number of rotatable bonds is 12. The van der Waals surface area contributed by atoms with Crippen LogP contribution in [0.3, 0.4) is 0 Å². The van der Waals surface area contributed by atoms with Gasteiger partial charge in [0.15, 0.2) is 0 Å². The zero-order valence-electron chi connectivity index (χ0n) is 16.5. The van der Waals surface area contributed by atoms with Crippen LogP contribution in [0.2, 0.25) is 0 Å². The van der Waals surface area contributed by atoms with Crippen molar-refractivity contribution in [3.05, 3.63) is 91.0 Å². The largest absolute Gasteiger partial charge is 0.126 e. The van der Waals surface area contributed by atoms with E-state index in [-0.39, 0.29) is 0 Å². The lowest BCUT2D eigenvalue weighted by molar-refractivity contribution is 1.34. The molecule has 0 amide bonds. The first kappa shape index (κ1) is 23.0. The molecule has 0 unspecified atom stereocenters. The molecule has 0 aromatic heterocycles. The molecule has 0 nitrogen and oxygen atoms in total. The molecule has 0 fully saturated rings. The van der Waals surface area contributed by atoms with Crippen molar-refractivity contribution in [1.82, 2.24) is 0 Å². The van der Waals surface area contributed by atoms with Gasteiger partial charge in [0, 0.05) is 31.9 Å². The van der Waals surface area contributed by atoms with Crippen LogP contribution in [0, 0.1) is 0 Å². The van der Waals surface area contributed by atoms with Crippen LogP contribution in [-0.2, 0) is 11.8 Å². The van der Waals surface area contributed by atoms with Crippen LogP contribution < -0.4 is 0 Å². The van der Waals surface area contributed by atoms with Crippen LogP contribution >= 0.6 is 41.3 Å². The molecule has 3 rings (SSSR count). The zero-order chi connectivity index (χ0) is 20.2. The van der Waals surface area contributed by atoms with Gasteiger partial charge >= 0.3 is 0 Å². The zero-order valence-corrected chi connectivity index (χ0v) is 20.6. The molecule has 0 saturated carbocycles. The standard InChI is InChI=1S/C24H27PS4/c26-25(16-19-27-22-10-4-1-5-11-22,17-20-28-23-12-6-2-7-13-23)18-21-29-24-14-8-3-9-15-24/h1-15H,16-21H2. The summed E-state index contributed by atoms with van der Waals surface area (Å²) in [7, 11) is 0. The Morgan fingerprint density at radius 2 is 0.759 bits per heavy atom. The highest BCUT2D eigenvalue weighted by atomic mass is 32.4. The summed E-state index contributed by atoms with van der Waals surface area (Å²) in [5, 5.41) is 0. The highest BCUT2D eigenvalue weighted by Gasteiger charge is 2.17. The topological polar surface area (TPSA) is 0 Å². The summed E-state index contributed by atoms with van der Waals surface area (Å²) in [5.41, 5.74) is 0. The Hall–Kier alpha value is -0.640. The fraction of sp³-hybridized carbons (Fsp3) is 0.250. The highest BCUT2D eigenvalue weighted by molar-refractivity contribution is 8.16. The summed E-state index contributed by atoms with van der Waals surface area (Å²) in [6, 6.07) is 30.8. The van der Waals surface area contributed by atoms with E-state index < -0.39 is 6.04 Å². The molecule has 3 aromatic rings. The third kappa shape index (κ3) is 8.94. The first-order valence-electron chi connectivity index (χ1n) is 9.84. The van der Waals surface area contributed by atoms with Crippen LogP contribution in [0.5, 0.6) is 0 Å². The van der Waals surface area contributed by atoms with E-state index in [1.54, 1.807) is 0 Å². The van der Waals surface area contributed by atoms with Crippen LogP contribution in [0.1, 0.15) is 0 Å². The molecule has 0 radical (unpaired) electrons. The van der Waals surface area contributed by atoms with E-state index in [0.29, 0.717) is 0 Å². The molecule has 0 bridgehead atoms. The van der Waals surface area contributed by atoms with Crippen molar-refractivity contribution in [2.75, 3.05) is 35.7 Å². The fourth-order valence-electron chi connectivity index (χ4n) is 2.88. The summed E-state index contributed by atoms with van der Waals surface area (Å²) in [6.07, 6.45) is 3.56. The predicted molar refractivity (Wildman–Crippen MR) is 140 cm³/mol. The van der Waals surface area contributed by atoms with E-state index in [2.05, 4.69) is 91.0 Å². The smallest absolute Gasteiger partial charge is 0.00720 e. The maximum atomic E-state index is 6.32. The molecule has 0 aliphatic carbocycles. The van der Waals surface area contributed by atoms with E-state index in [0.717, 1.165) is 17.3 Å². The fourth-order valence-corrected chi connectivity index (χ4v) is 12.4. The van der Waals surface area contributed by atoms with Gasteiger partial charge in [0.05, 0.1) is 0 Å². The minimum Gasteiger partial charge on any atom is -0.126 e. The monoisotopic (exact) mass is 474 g/mol. The molecule has 0 saturated heterocycles. The molecule has 0 heterocycles. The van der Waals surface area contributed by atoms with Crippen molar-refractivity contribution in [1.29, 1.82) is 0 Å². The van der Waals surface area contributed by atoms with E-state index in [1.165, 1.54) is 33.2 Å². The Kier molecular flexibility index (Phi) is 10.3. The lowest BCUT2D eigenvalue weighted by Gasteiger charge is -2.22. The summed E-state index contributed by atoms with van der Waals surface area (Å²) < 4.78 is 0. The summed E-state index contributed by atoms with van der Waals surface area (Å²) in [6.45, 7) is 0. The van der Waals surface area contributed by atoms with Gasteiger partial charge in [-0.3, -0.25) is 0 Å². The van der Waals surface area contributed by atoms with Crippen molar-refractivity contribution in [3.8, 4) is 0 Å². The molecule has 5 heteroatoms.